The molecular weight excluding hydrogens is 405 g/mol. The molecule has 0 spiro atoms. The minimum atomic E-state index is -3.62. The third kappa shape index (κ3) is 6.41. The maximum absolute atomic E-state index is 12.2. The second-order valence-electron chi connectivity index (χ2n) is 7.00. The lowest BCUT2D eigenvalue weighted by Gasteiger charge is -2.32. The van der Waals surface area contributed by atoms with Gasteiger partial charge in [0.05, 0.1) is 31.7 Å². The maximum atomic E-state index is 12.2. The molecule has 2 aromatic heterocycles. The molecular formula is C16H27N5O5PS-. The Morgan fingerprint density at radius 2 is 2.00 bits per heavy atom. The Morgan fingerprint density at radius 3 is 2.61 bits per heavy atom. The smallest absolute Gasteiger partial charge is 0.167 e. The summed E-state index contributed by atoms with van der Waals surface area (Å²) >= 11 is 4.91. The Hall–Kier alpha value is -1.20. The van der Waals surface area contributed by atoms with E-state index in [4.69, 9.17) is 31.3 Å². The first-order chi connectivity index (χ1) is 13.1. The monoisotopic (exact) mass is 432 g/mol. The van der Waals surface area contributed by atoms with Crippen LogP contribution < -0.4 is 10.6 Å². The molecule has 0 amide bonds. The van der Waals surface area contributed by atoms with Gasteiger partial charge >= 0.3 is 0 Å². The number of anilines is 1. The van der Waals surface area contributed by atoms with Gasteiger partial charge in [0.1, 0.15) is 18.6 Å². The van der Waals surface area contributed by atoms with Crippen molar-refractivity contribution in [3.05, 3.63) is 12.7 Å². The van der Waals surface area contributed by atoms with Gasteiger partial charge in [0.25, 0.3) is 0 Å². The average molecular weight is 432 g/mol. The van der Waals surface area contributed by atoms with Crippen molar-refractivity contribution in [2.45, 2.75) is 52.6 Å². The van der Waals surface area contributed by atoms with Crippen molar-refractivity contribution in [2.24, 2.45) is 5.92 Å². The molecule has 0 fully saturated rings. The van der Waals surface area contributed by atoms with Gasteiger partial charge in [-0.3, -0.25) is 4.57 Å². The first-order valence-electron chi connectivity index (χ1n) is 8.96. The van der Waals surface area contributed by atoms with E-state index in [1.165, 1.54) is 12.7 Å². The number of ether oxygens (including phenoxy) is 1. The number of fused-ring (bicyclic) bond motifs is 1. The molecule has 2 rings (SSSR count). The van der Waals surface area contributed by atoms with Crippen LogP contribution in [0.1, 0.15) is 40.3 Å². The zero-order valence-electron chi connectivity index (χ0n) is 16.4. The molecule has 0 aliphatic heterocycles. The fraction of sp³-hybridized carbons (Fsp3) is 0.688. The van der Waals surface area contributed by atoms with Crippen molar-refractivity contribution < 1.29 is 23.8 Å². The topological polar surface area (TPSA) is 141 Å². The summed E-state index contributed by atoms with van der Waals surface area (Å²) in [4.78, 5) is 24.5. The molecule has 1 unspecified atom stereocenters. The van der Waals surface area contributed by atoms with E-state index in [0.717, 1.165) is 0 Å². The molecule has 12 heteroatoms. The summed E-state index contributed by atoms with van der Waals surface area (Å²) < 4.78 is 18.1. The Morgan fingerprint density at radius 1 is 1.29 bits per heavy atom. The van der Waals surface area contributed by atoms with E-state index in [1.807, 2.05) is 13.8 Å². The summed E-state index contributed by atoms with van der Waals surface area (Å²) in [7, 11) is 0. The lowest BCUT2D eigenvalue weighted by Crippen LogP contribution is -2.29. The Kier molecular flexibility index (Phi) is 8.26. The first-order valence-corrected chi connectivity index (χ1v) is 11.5. The minimum Gasteiger partial charge on any atom is -0.780 e. The summed E-state index contributed by atoms with van der Waals surface area (Å²) in [5.41, 5.74) is 6.66. The number of aromatic nitrogens is 4. The number of imidazole rings is 1. The normalized spacial score (nSPS) is 16.6. The van der Waals surface area contributed by atoms with E-state index in [2.05, 4.69) is 15.0 Å². The molecule has 10 nitrogen and oxygen atoms in total. The zero-order chi connectivity index (χ0) is 20.9. The number of hydrogen-bond donors (Lipinski definition) is 2. The van der Waals surface area contributed by atoms with Crippen molar-refractivity contribution in [1.29, 1.82) is 0 Å². The molecule has 3 atom stereocenters. The third-order valence-corrected chi connectivity index (χ3v) is 5.42. The van der Waals surface area contributed by atoms with Gasteiger partial charge in [0, 0.05) is 0 Å². The number of nitrogen functional groups attached to an aromatic ring is 1. The highest BCUT2D eigenvalue weighted by molar-refractivity contribution is 8.06. The van der Waals surface area contributed by atoms with Crippen molar-refractivity contribution >= 4 is 35.5 Å². The van der Waals surface area contributed by atoms with Gasteiger partial charge in [-0.2, -0.15) is 0 Å². The molecule has 0 saturated carbocycles. The van der Waals surface area contributed by atoms with Crippen molar-refractivity contribution in [3.8, 4) is 0 Å². The molecule has 0 aliphatic carbocycles. The van der Waals surface area contributed by atoms with Crippen LogP contribution in [0.2, 0.25) is 0 Å². The van der Waals surface area contributed by atoms with Gasteiger partial charge < -0.3 is 29.5 Å². The van der Waals surface area contributed by atoms with E-state index in [1.54, 1.807) is 18.4 Å². The van der Waals surface area contributed by atoms with Crippen LogP contribution in [0.25, 0.3) is 11.2 Å². The van der Waals surface area contributed by atoms with Crippen LogP contribution >= 0.6 is 6.72 Å². The van der Waals surface area contributed by atoms with Crippen LogP contribution in [0.15, 0.2) is 12.7 Å². The summed E-state index contributed by atoms with van der Waals surface area (Å²) in [6.07, 6.45) is 1.79. The highest BCUT2D eigenvalue weighted by Gasteiger charge is 2.23. The van der Waals surface area contributed by atoms with Crippen LogP contribution in [0.3, 0.4) is 0 Å². The number of aliphatic hydroxyl groups excluding tert-OH is 1. The number of nitrogens with zero attached hydrogens (tertiary/aromatic N) is 4. The van der Waals surface area contributed by atoms with Crippen LogP contribution in [-0.2, 0) is 25.6 Å². The second-order valence-corrected chi connectivity index (χ2v) is 9.71. The second kappa shape index (κ2) is 10.0. The molecule has 3 N–H and O–H groups in total. The molecule has 158 valence electrons. The average Bonchev–Trinajstić information content (AvgIpc) is 3.01. The standard InChI is InChI=1S/C16H28N5O5PS/c1-10(2)5-12(7-24-27(23,28)26-11(3)4)25-13(6-22)21-9-20-14-15(17)18-8-19-16(14)21/h8-13,22H,5-7H2,1-4H3,(H,23,28)(H2,17,18,19)/p-1/t12-,13-,27?/m1/s1. The number of rotatable bonds is 11. The molecule has 0 aromatic carbocycles. The fourth-order valence-electron chi connectivity index (χ4n) is 2.65. The van der Waals surface area contributed by atoms with Crippen LogP contribution in [0, 0.1) is 5.92 Å². The van der Waals surface area contributed by atoms with E-state index < -0.39 is 19.1 Å². The predicted octanol–water partition coefficient (Wildman–Crippen LogP) is 1.36. The molecule has 0 saturated heterocycles. The molecule has 0 aliphatic rings. The van der Waals surface area contributed by atoms with Crippen LogP contribution in [0.4, 0.5) is 5.82 Å². The quantitative estimate of drug-likeness (QED) is 0.500. The highest BCUT2D eigenvalue weighted by Crippen LogP contribution is 2.40. The van der Waals surface area contributed by atoms with Gasteiger partial charge in [0.15, 0.2) is 17.7 Å². The first kappa shape index (κ1) is 23.1. The summed E-state index contributed by atoms with van der Waals surface area (Å²) in [5.74, 6) is 0.501. The van der Waals surface area contributed by atoms with Gasteiger partial charge in [0.2, 0.25) is 0 Å². The van der Waals surface area contributed by atoms with Crippen LogP contribution in [-0.4, -0.2) is 50.0 Å². The molecule has 28 heavy (non-hydrogen) atoms. The number of nitrogens with two attached hydrogens (primary N) is 1. The van der Waals surface area contributed by atoms with E-state index in [9.17, 15) is 10.00 Å². The third-order valence-electron chi connectivity index (χ3n) is 3.70. The van der Waals surface area contributed by atoms with Gasteiger partial charge in [-0.1, -0.05) is 25.7 Å². The van der Waals surface area contributed by atoms with Crippen molar-refractivity contribution in [1.82, 2.24) is 19.5 Å². The van der Waals surface area contributed by atoms with E-state index in [0.29, 0.717) is 17.6 Å². The molecule has 2 heterocycles. The molecule has 0 radical (unpaired) electrons. The number of hydrogen-bond acceptors (Lipinski definition) is 10. The van der Waals surface area contributed by atoms with Gasteiger partial charge in [-0.15, -0.1) is 0 Å². The van der Waals surface area contributed by atoms with E-state index in [-0.39, 0.29) is 31.1 Å². The lowest BCUT2D eigenvalue weighted by atomic mass is 10.1. The lowest BCUT2D eigenvalue weighted by molar-refractivity contribution is -0.213. The minimum absolute atomic E-state index is 0.0358. The summed E-state index contributed by atoms with van der Waals surface area (Å²) in [5, 5.41) is 9.87. The summed E-state index contributed by atoms with van der Waals surface area (Å²) in [6, 6.07) is 0. The van der Waals surface area contributed by atoms with Gasteiger partial charge in [-0.25, -0.2) is 15.0 Å². The largest absolute Gasteiger partial charge is 0.780 e. The highest BCUT2D eigenvalue weighted by atomic mass is 32.5. The molecule has 0 bridgehead atoms. The molecule has 2 aromatic rings. The number of aliphatic hydroxyl groups is 1. The maximum Gasteiger partial charge on any atom is 0.167 e. The van der Waals surface area contributed by atoms with E-state index >= 15 is 0 Å². The predicted molar refractivity (Wildman–Crippen MR) is 107 cm³/mol. The zero-order valence-corrected chi connectivity index (χ0v) is 18.1. The Balaban J connectivity index is 2.16. The Labute approximate surface area is 169 Å². The van der Waals surface area contributed by atoms with Crippen LogP contribution in [0.5, 0.6) is 0 Å². The Bertz CT molecular complexity index is 818. The van der Waals surface area contributed by atoms with Gasteiger partial charge in [-0.05, 0) is 26.2 Å². The van der Waals surface area contributed by atoms with Crippen molar-refractivity contribution in [2.75, 3.05) is 18.9 Å². The SMILES string of the molecule is CC(C)C[C@H](COP([O-])(=S)OC(C)C)O[C@H](CO)n1cnc2c(N)ncnc21. The fourth-order valence-corrected chi connectivity index (χ4v) is 4.28. The summed E-state index contributed by atoms with van der Waals surface area (Å²) in [6.45, 7) is 3.50. The van der Waals surface area contributed by atoms with Crippen molar-refractivity contribution in [3.63, 3.8) is 0 Å².